The number of benzene rings is 1. The quantitative estimate of drug-likeness (QED) is 0.757. The highest BCUT2D eigenvalue weighted by Crippen LogP contribution is 2.19. The van der Waals surface area contributed by atoms with Gasteiger partial charge in [0, 0.05) is 24.1 Å². The lowest BCUT2D eigenvalue weighted by molar-refractivity contribution is -0.133. The second-order valence-corrected chi connectivity index (χ2v) is 5.15. The third-order valence-corrected chi connectivity index (χ3v) is 3.70. The Morgan fingerprint density at radius 2 is 2.15 bits per heavy atom. The van der Waals surface area contributed by atoms with Crippen molar-refractivity contribution in [1.29, 1.82) is 0 Å². The average Bonchev–Trinajstić information content (AvgIpc) is 2.88. The number of nitrogens with one attached hydrogen (secondary N) is 1. The second-order valence-electron chi connectivity index (χ2n) is 5.15. The predicted molar refractivity (Wildman–Crippen MR) is 79.3 cm³/mol. The van der Waals surface area contributed by atoms with Crippen LogP contribution >= 0.6 is 0 Å². The number of H-pyrrole nitrogens is 1. The summed E-state index contributed by atoms with van der Waals surface area (Å²) in [7, 11) is 1.66. The number of rotatable bonds is 5. The molecule has 1 aromatic heterocycles. The molecule has 0 bridgehead atoms. The number of aromatic nitrogens is 1. The van der Waals surface area contributed by atoms with E-state index in [0.717, 1.165) is 16.5 Å². The third kappa shape index (κ3) is 2.84. The molecule has 1 aromatic carbocycles. The van der Waals surface area contributed by atoms with E-state index in [1.165, 1.54) is 4.90 Å². The van der Waals surface area contributed by atoms with Crippen molar-refractivity contribution in [3.8, 4) is 0 Å². The molecule has 5 heteroatoms. The van der Waals surface area contributed by atoms with Crippen molar-refractivity contribution in [3.63, 3.8) is 0 Å². The fraction of sp³-hybridized carbons (Fsp3) is 0.400. The van der Waals surface area contributed by atoms with Crippen LogP contribution in [0, 0.1) is 0 Å². The van der Waals surface area contributed by atoms with E-state index in [4.69, 9.17) is 10.8 Å². The maximum Gasteiger partial charge on any atom is 0.239 e. The first-order chi connectivity index (χ1) is 9.54. The molecule has 5 nitrogen and oxygen atoms in total. The van der Waals surface area contributed by atoms with Crippen molar-refractivity contribution >= 4 is 16.8 Å². The highest BCUT2D eigenvalue weighted by molar-refractivity contribution is 5.86. The monoisotopic (exact) mass is 275 g/mol. The zero-order valence-electron chi connectivity index (χ0n) is 11.8. The van der Waals surface area contributed by atoms with Crippen LogP contribution in [0.5, 0.6) is 0 Å². The molecular formula is C15H21N3O2. The molecule has 1 amide bonds. The summed E-state index contributed by atoms with van der Waals surface area (Å²) < 4.78 is 0. The molecule has 0 saturated heterocycles. The van der Waals surface area contributed by atoms with E-state index in [2.05, 4.69) is 4.98 Å². The SMILES string of the molecule is CC(CO)N(C)C(=O)[C@@H](N)Cc1c[nH]c2ccccc12. The van der Waals surface area contributed by atoms with E-state index < -0.39 is 6.04 Å². The summed E-state index contributed by atoms with van der Waals surface area (Å²) in [6.07, 6.45) is 2.37. The van der Waals surface area contributed by atoms with Gasteiger partial charge in [0.15, 0.2) is 0 Å². The van der Waals surface area contributed by atoms with Crippen LogP contribution in [0.15, 0.2) is 30.5 Å². The van der Waals surface area contributed by atoms with Crippen LogP contribution in [0.1, 0.15) is 12.5 Å². The number of aliphatic hydroxyl groups excluding tert-OH is 1. The number of nitrogens with zero attached hydrogens (tertiary/aromatic N) is 1. The van der Waals surface area contributed by atoms with Crippen LogP contribution in [0.2, 0.25) is 0 Å². The molecule has 4 N–H and O–H groups in total. The largest absolute Gasteiger partial charge is 0.394 e. The molecule has 2 atom stereocenters. The van der Waals surface area contributed by atoms with Crippen LogP contribution in [-0.2, 0) is 11.2 Å². The number of amides is 1. The van der Waals surface area contributed by atoms with Crippen molar-refractivity contribution in [2.45, 2.75) is 25.4 Å². The molecule has 0 aliphatic rings. The Kier molecular flexibility index (Phi) is 4.42. The van der Waals surface area contributed by atoms with Gasteiger partial charge < -0.3 is 20.7 Å². The normalized spacial score (nSPS) is 14.2. The number of hydrogen-bond acceptors (Lipinski definition) is 3. The molecule has 0 spiro atoms. The number of nitrogens with two attached hydrogens (primary N) is 1. The number of aromatic amines is 1. The van der Waals surface area contributed by atoms with Gasteiger partial charge >= 0.3 is 0 Å². The second kappa shape index (κ2) is 6.07. The summed E-state index contributed by atoms with van der Waals surface area (Å²) in [6.45, 7) is 1.72. The lowest BCUT2D eigenvalue weighted by atomic mass is 10.0. The van der Waals surface area contributed by atoms with E-state index in [-0.39, 0.29) is 18.6 Å². The van der Waals surface area contributed by atoms with Gasteiger partial charge in [0.25, 0.3) is 0 Å². The van der Waals surface area contributed by atoms with Gasteiger partial charge in [-0.2, -0.15) is 0 Å². The van der Waals surface area contributed by atoms with Crippen molar-refractivity contribution in [2.75, 3.05) is 13.7 Å². The molecule has 0 aliphatic carbocycles. The number of hydrogen-bond donors (Lipinski definition) is 3. The number of fused-ring (bicyclic) bond motifs is 1. The summed E-state index contributed by atoms with van der Waals surface area (Å²) >= 11 is 0. The average molecular weight is 275 g/mol. The molecule has 20 heavy (non-hydrogen) atoms. The summed E-state index contributed by atoms with van der Waals surface area (Å²) in [5.74, 6) is -0.156. The van der Waals surface area contributed by atoms with Crippen LogP contribution in [-0.4, -0.2) is 46.6 Å². The molecular weight excluding hydrogens is 254 g/mol. The predicted octanol–water partition coefficient (Wildman–Crippen LogP) is 0.877. The molecule has 0 fully saturated rings. The first kappa shape index (κ1) is 14.6. The first-order valence-electron chi connectivity index (χ1n) is 6.72. The maximum atomic E-state index is 12.2. The lowest BCUT2D eigenvalue weighted by Crippen LogP contribution is -2.47. The molecule has 108 valence electrons. The molecule has 1 heterocycles. The highest BCUT2D eigenvalue weighted by atomic mass is 16.3. The van der Waals surface area contributed by atoms with E-state index >= 15 is 0 Å². The van der Waals surface area contributed by atoms with Crippen LogP contribution in [0.4, 0.5) is 0 Å². The van der Waals surface area contributed by atoms with Crippen LogP contribution < -0.4 is 5.73 Å². The van der Waals surface area contributed by atoms with Crippen molar-refractivity contribution in [1.82, 2.24) is 9.88 Å². The number of aliphatic hydroxyl groups is 1. The zero-order valence-corrected chi connectivity index (χ0v) is 11.8. The van der Waals surface area contributed by atoms with E-state index in [0.29, 0.717) is 6.42 Å². The highest BCUT2D eigenvalue weighted by Gasteiger charge is 2.22. The van der Waals surface area contributed by atoms with Crippen molar-refractivity contribution in [3.05, 3.63) is 36.0 Å². The van der Waals surface area contributed by atoms with Gasteiger partial charge in [-0.05, 0) is 25.0 Å². The molecule has 2 aromatic rings. The number of carbonyl (C=O) groups is 1. The molecule has 0 radical (unpaired) electrons. The topological polar surface area (TPSA) is 82.3 Å². The standard InChI is InChI=1S/C15H21N3O2/c1-10(9-19)18(2)15(20)13(16)7-11-8-17-14-6-4-3-5-12(11)14/h3-6,8,10,13,17,19H,7,9,16H2,1-2H3/t10?,13-/m0/s1. The Morgan fingerprint density at radius 1 is 1.45 bits per heavy atom. The Balaban J connectivity index is 2.11. The molecule has 2 rings (SSSR count). The van der Waals surface area contributed by atoms with Gasteiger partial charge in [-0.3, -0.25) is 4.79 Å². The van der Waals surface area contributed by atoms with Gasteiger partial charge in [-0.25, -0.2) is 0 Å². The fourth-order valence-corrected chi connectivity index (χ4v) is 2.23. The van der Waals surface area contributed by atoms with Crippen molar-refractivity contribution < 1.29 is 9.90 Å². The molecule has 1 unspecified atom stereocenters. The minimum Gasteiger partial charge on any atom is -0.394 e. The number of likely N-dealkylation sites (N-methyl/N-ethyl adjacent to an activating group) is 1. The Labute approximate surface area is 118 Å². The van der Waals surface area contributed by atoms with Gasteiger partial charge in [0.1, 0.15) is 0 Å². The Hall–Kier alpha value is -1.85. The third-order valence-electron chi connectivity index (χ3n) is 3.70. The zero-order chi connectivity index (χ0) is 14.7. The summed E-state index contributed by atoms with van der Waals surface area (Å²) in [4.78, 5) is 16.9. The van der Waals surface area contributed by atoms with E-state index in [1.807, 2.05) is 30.5 Å². The minimum atomic E-state index is -0.604. The van der Waals surface area contributed by atoms with Crippen LogP contribution in [0.3, 0.4) is 0 Å². The van der Waals surface area contributed by atoms with Crippen molar-refractivity contribution in [2.24, 2.45) is 5.73 Å². The first-order valence-corrected chi connectivity index (χ1v) is 6.72. The number of para-hydroxylation sites is 1. The van der Waals surface area contributed by atoms with Gasteiger partial charge in [-0.1, -0.05) is 18.2 Å². The summed E-state index contributed by atoms with van der Waals surface area (Å²) in [6, 6.07) is 7.10. The molecule has 0 saturated carbocycles. The Morgan fingerprint density at radius 3 is 2.85 bits per heavy atom. The summed E-state index contributed by atoms with van der Waals surface area (Å²) in [5, 5.41) is 10.2. The fourth-order valence-electron chi connectivity index (χ4n) is 2.23. The maximum absolute atomic E-state index is 12.2. The van der Waals surface area contributed by atoms with Gasteiger partial charge in [-0.15, -0.1) is 0 Å². The molecule has 0 aliphatic heterocycles. The lowest BCUT2D eigenvalue weighted by Gasteiger charge is -2.26. The van der Waals surface area contributed by atoms with E-state index in [1.54, 1.807) is 14.0 Å². The van der Waals surface area contributed by atoms with Crippen LogP contribution in [0.25, 0.3) is 10.9 Å². The Bertz CT molecular complexity index is 594. The smallest absolute Gasteiger partial charge is 0.239 e. The summed E-state index contributed by atoms with van der Waals surface area (Å²) in [5.41, 5.74) is 8.08. The number of carbonyl (C=O) groups excluding carboxylic acids is 1. The minimum absolute atomic E-state index is 0.0674. The van der Waals surface area contributed by atoms with Gasteiger partial charge in [0.2, 0.25) is 5.91 Å². The van der Waals surface area contributed by atoms with E-state index in [9.17, 15) is 4.79 Å². The van der Waals surface area contributed by atoms with Gasteiger partial charge in [0.05, 0.1) is 18.7 Å².